The number of ether oxygens (including phenoxy) is 4. The maximum Gasteiger partial charge on any atom is 0.180 e. The Hall–Kier alpha value is -1.66. The summed E-state index contributed by atoms with van der Waals surface area (Å²) in [7, 11) is 3.36. The van der Waals surface area contributed by atoms with Crippen molar-refractivity contribution in [1.29, 1.82) is 5.26 Å². The largest absolute Gasteiger partial charge is 0.492 e. The Morgan fingerprint density at radius 2 is 1.41 bits per heavy atom. The smallest absolute Gasteiger partial charge is 0.180 e. The van der Waals surface area contributed by atoms with Gasteiger partial charge >= 0.3 is 0 Å². The van der Waals surface area contributed by atoms with Gasteiger partial charge in [-0.05, 0) is 26.0 Å². The average molecular weight is 480 g/mol. The van der Waals surface area contributed by atoms with E-state index < -0.39 is 5.41 Å². The van der Waals surface area contributed by atoms with Gasteiger partial charge in [-0.3, -0.25) is 4.79 Å². The molecule has 1 aromatic carbocycles. The van der Waals surface area contributed by atoms with Crippen LogP contribution < -0.4 is 9.47 Å². The van der Waals surface area contributed by atoms with Crippen LogP contribution in [0.5, 0.6) is 11.5 Å². The van der Waals surface area contributed by atoms with Gasteiger partial charge in [-0.2, -0.15) is 5.26 Å². The van der Waals surface area contributed by atoms with Crippen molar-refractivity contribution in [2.24, 2.45) is 5.41 Å². The molecule has 0 aromatic heterocycles. The number of hydrogen-bond donors (Lipinski definition) is 0. The van der Waals surface area contributed by atoms with Gasteiger partial charge in [0, 0.05) is 32.5 Å². The Labute approximate surface area is 200 Å². The zero-order valence-corrected chi connectivity index (χ0v) is 21.6. The minimum absolute atomic E-state index is 0.0977. The van der Waals surface area contributed by atoms with Crippen molar-refractivity contribution < 1.29 is 23.7 Å². The summed E-state index contributed by atoms with van der Waals surface area (Å²) in [6, 6.07) is 5.91. The van der Waals surface area contributed by atoms with E-state index in [9.17, 15) is 10.1 Å². The van der Waals surface area contributed by atoms with Crippen LogP contribution >= 0.6 is 23.5 Å². The van der Waals surface area contributed by atoms with Gasteiger partial charge in [-0.1, -0.05) is 44.3 Å². The van der Waals surface area contributed by atoms with Crippen molar-refractivity contribution in [1.82, 2.24) is 0 Å². The van der Waals surface area contributed by atoms with Crippen LogP contribution in [0, 0.1) is 16.7 Å². The standard InChI is InChI=1S/C24H33NO5S2/c1-15(27-6)10-12-29-18-8-9-19(30-13-11-16(2)28-7)21-20(18)31-23(32-21)17(14-25)22(26)24(3,4)5/h8-9,15-16H,10-13H2,1-7H3. The van der Waals surface area contributed by atoms with Crippen LogP contribution in [0.25, 0.3) is 0 Å². The number of carbonyl (C=O) groups excluding carboxylic acids is 1. The Morgan fingerprint density at radius 1 is 0.969 bits per heavy atom. The van der Waals surface area contributed by atoms with Gasteiger partial charge in [0.2, 0.25) is 0 Å². The first-order chi connectivity index (χ1) is 15.1. The summed E-state index contributed by atoms with van der Waals surface area (Å²) in [5.74, 6) is 1.26. The summed E-state index contributed by atoms with van der Waals surface area (Å²) in [5, 5.41) is 9.75. The Morgan fingerprint density at radius 3 is 1.75 bits per heavy atom. The highest BCUT2D eigenvalue weighted by molar-refractivity contribution is 8.24. The van der Waals surface area contributed by atoms with Crippen molar-refractivity contribution in [3.8, 4) is 17.6 Å². The molecule has 2 atom stereocenters. The van der Waals surface area contributed by atoms with E-state index in [2.05, 4.69) is 6.07 Å². The van der Waals surface area contributed by atoms with E-state index in [-0.39, 0.29) is 23.6 Å². The Bertz CT molecular complexity index is 839. The molecule has 0 saturated heterocycles. The van der Waals surface area contributed by atoms with Gasteiger partial charge in [0.15, 0.2) is 5.78 Å². The van der Waals surface area contributed by atoms with E-state index in [1.54, 1.807) is 14.2 Å². The number of fused-ring (bicyclic) bond motifs is 1. The topological polar surface area (TPSA) is 77.8 Å². The van der Waals surface area contributed by atoms with E-state index in [0.29, 0.717) is 28.9 Å². The van der Waals surface area contributed by atoms with Crippen molar-refractivity contribution in [2.45, 2.75) is 69.5 Å². The van der Waals surface area contributed by atoms with E-state index in [0.717, 1.165) is 22.6 Å². The van der Waals surface area contributed by atoms with E-state index in [1.165, 1.54) is 23.5 Å². The third-order valence-electron chi connectivity index (χ3n) is 5.02. The van der Waals surface area contributed by atoms with Gasteiger partial charge < -0.3 is 18.9 Å². The molecule has 1 aliphatic heterocycles. The molecular weight excluding hydrogens is 446 g/mol. The number of Topliss-reactive ketones (excluding diaryl/α,β-unsaturated/α-hetero) is 1. The van der Waals surface area contributed by atoms with Crippen LogP contribution in [0.1, 0.15) is 47.5 Å². The fraction of sp³-hybridized carbons (Fsp3) is 0.583. The SMILES string of the molecule is COC(C)CCOc1ccc(OCCC(C)OC)c2c1SC(=C(C#N)C(=O)C(C)(C)C)S2. The lowest BCUT2D eigenvalue weighted by molar-refractivity contribution is -0.122. The lowest BCUT2D eigenvalue weighted by Gasteiger charge is -2.16. The molecule has 0 radical (unpaired) electrons. The van der Waals surface area contributed by atoms with Crippen LogP contribution in [0.15, 0.2) is 31.7 Å². The first-order valence-corrected chi connectivity index (χ1v) is 12.3. The summed E-state index contributed by atoms with van der Waals surface area (Å²) < 4.78 is 23.3. The number of thioether (sulfide) groups is 2. The van der Waals surface area contributed by atoms with Gasteiger partial charge in [-0.15, -0.1) is 0 Å². The number of methoxy groups -OCH3 is 2. The van der Waals surface area contributed by atoms with Crippen molar-refractivity contribution in [2.75, 3.05) is 27.4 Å². The highest BCUT2D eigenvalue weighted by atomic mass is 32.2. The molecule has 0 aliphatic carbocycles. The van der Waals surface area contributed by atoms with Crippen LogP contribution in [0.4, 0.5) is 0 Å². The maximum absolute atomic E-state index is 12.9. The van der Waals surface area contributed by atoms with E-state index >= 15 is 0 Å². The quantitative estimate of drug-likeness (QED) is 0.289. The molecule has 2 unspecified atom stereocenters. The normalized spacial score (nSPS) is 15.0. The molecule has 2 rings (SSSR count). The second kappa shape index (κ2) is 12.0. The summed E-state index contributed by atoms with van der Waals surface area (Å²) in [5.41, 5.74) is -0.458. The lowest BCUT2D eigenvalue weighted by Crippen LogP contribution is -2.21. The molecule has 0 N–H and O–H groups in total. The van der Waals surface area contributed by atoms with Crippen LogP contribution in [-0.2, 0) is 14.3 Å². The van der Waals surface area contributed by atoms with E-state index in [4.69, 9.17) is 18.9 Å². The molecule has 1 heterocycles. The first-order valence-electron chi connectivity index (χ1n) is 10.6. The van der Waals surface area contributed by atoms with Crippen molar-refractivity contribution >= 4 is 29.3 Å². The maximum atomic E-state index is 12.9. The number of rotatable bonds is 11. The summed E-state index contributed by atoms with van der Waals surface area (Å²) in [4.78, 5) is 14.6. The van der Waals surface area contributed by atoms with Crippen LogP contribution in [-0.4, -0.2) is 45.4 Å². The number of nitrogens with zero attached hydrogens (tertiary/aromatic N) is 1. The van der Waals surface area contributed by atoms with Crippen molar-refractivity contribution in [3.63, 3.8) is 0 Å². The second-order valence-electron chi connectivity index (χ2n) is 8.64. The molecule has 0 fully saturated rings. The molecule has 8 heteroatoms. The van der Waals surface area contributed by atoms with Gasteiger partial charge in [0.1, 0.15) is 23.1 Å². The van der Waals surface area contributed by atoms with Crippen molar-refractivity contribution in [3.05, 3.63) is 21.9 Å². The Balaban J connectivity index is 2.34. The number of benzene rings is 1. The minimum atomic E-state index is -0.640. The number of hydrogen-bond acceptors (Lipinski definition) is 8. The highest BCUT2D eigenvalue weighted by Crippen LogP contribution is 2.59. The average Bonchev–Trinajstić information content (AvgIpc) is 3.19. The van der Waals surface area contributed by atoms with Crippen LogP contribution in [0.2, 0.25) is 0 Å². The minimum Gasteiger partial charge on any atom is -0.492 e. The number of allylic oxidation sites excluding steroid dienone is 1. The molecule has 0 saturated carbocycles. The molecule has 6 nitrogen and oxygen atoms in total. The van der Waals surface area contributed by atoms with Gasteiger partial charge in [0.05, 0.1) is 39.4 Å². The summed E-state index contributed by atoms with van der Waals surface area (Å²) in [6.45, 7) is 10.5. The van der Waals surface area contributed by atoms with Gasteiger partial charge in [0.25, 0.3) is 0 Å². The monoisotopic (exact) mass is 479 g/mol. The highest BCUT2D eigenvalue weighted by Gasteiger charge is 2.34. The van der Waals surface area contributed by atoms with E-state index in [1.807, 2.05) is 46.8 Å². The number of nitriles is 1. The molecule has 0 amide bonds. The van der Waals surface area contributed by atoms with Gasteiger partial charge in [-0.25, -0.2) is 0 Å². The molecule has 0 spiro atoms. The zero-order chi connectivity index (χ0) is 23.9. The molecule has 32 heavy (non-hydrogen) atoms. The molecule has 1 aliphatic rings. The first kappa shape index (κ1) is 26.6. The number of ketones is 1. The molecule has 1 aromatic rings. The zero-order valence-electron chi connectivity index (χ0n) is 19.9. The molecule has 176 valence electrons. The fourth-order valence-electron chi connectivity index (χ4n) is 2.72. The molecular formula is C24H33NO5S2. The third-order valence-corrected chi connectivity index (χ3v) is 7.65. The molecule has 0 bridgehead atoms. The number of carbonyl (C=O) groups is 1. The fourth-order valence-corrected chi connectivity index (χ4v) is 5.33. The lowest BCUT2D eigenvalue weighted by atomic mass is 9.87. The summed E-state index contributed by atoms with van der Waals surface area (Å²) in [6.07, 6.45) is 1.71. The van der Waals surface area contributed by atoms with Crippen LogP contribution in [0.3, 0.4) is 0 Å². The third kappa shape index (κ3) is 6.92. The predicted molar refractivity (Wildman–Crippen MR) is 128 cm³/mol. The second-order valence-corrected chi connectivity index (χ2v) is 10.9. The summed E-state index contributed by atoms with van der Waals surface area (Å²) >= 11 is 2.80. The Kier molecular flexibility index (Phi) is 9.96. The predicted octanol–water partition coefficient (Wildman–Crippen LogP) is 5.84.